The lowest BCUT2D eigenvalue weighted by Crippen LogP contribution is -2.33. The van der Waals surface area contributed by atoms with Crippen molar-refractivity contribution in [2.45, 2.75) is 12.8 Å². The van der Waals surface area contributed by atoms with Gasteiger partial charge in [0.2, 0.25) is 0 Å². The maximum absolute atomic E-state index is 12.3. The van der Waals surface area contributed by atoms with E-state index in [4.69, 9.17) is 6.57 Å². The Kier molecular flexibility index (Phi) is 3.55. The second kappa shape index (κ2) is 5.51. The topological polar surface area (TPSA) is 53.8 Å². The zero-order valence-electron chi connectivity index (χ0n) is 11.6. The van der Waals surface area contributed by atoms with Crippen LogP contribution in [-0.4, -0.2) is 36.3 Å². The molecule has 2 amide bonds. The number of imide groups is 1. The predicted molar refractivity (Wildman–Crippen MR) is 77.5 cm³/mol. The van der Waals surface area contributed by atoms with Crippen molar-refractivity contribution in [3.8, 4) is 0 Å². The predicted octanol–water partition coefficient (Wildman–Crippen LogP) is 1.84. The fourth-order valence-electron chi connectivity index (χ4n) is 2.76. The highest BCUT2D eigenvalue weighted by Gasteiger charge is 2.35. The van der Waals surface area contributed by atoms with E-state index >= 15 is 0 Å². The minimum absolute atomic E-state index is 0.0762. The standard InChI is InChI=1S/C16H15N3O2/c1-17-14(11-5-4-8-18-9-11)10-19-15(20)12-6-2-3-7-13(12)16(19)21/h2-3,6-7,18H,4-5,8-10H2. The molecule has 0 unspecified atom stereocenters. The highest BCUT2D eigenvalue weighted by molar-refractivity contribution is 6.21. The lowest BCUT2D eigenvalue weighted by molar-refractivity contribution is 0.0668. The molecule has 0 saturated carbocycles. The molecule has 0 atom stereocenters. The summed E-state index contributed by atoms with van der Waals surface area (Å²) in [6, 6.07) is 6.80. The number of benzene rings is 1. The summed E-state index contributed by atoms with van der Waals surface area (Å²) in [5.41, 5.74) is 2.38. The third-order valence-corrected chi connectivity index (χ3v) is 3.90. The summed E-state index contributed by atoms with van der Waals surface area (Å²) in [4.78, 5) is 29.3. The second-order valence-corrected chi connectivity index (χ2v) is 5.18. The van der Waals surface area contributed by atoms with Crippen molar-refractivity contribution in [1.29, 1.82) is 0 Å². The average Bonchev–Trinajstić information content (AvgIpc) is 2.78. The van der Waals surface area contributed by atoms with Gasteiger partial charge in [0.05, 0.1) is 24.2 Å². The minimum Gasteiger partial charge on any atom is -0.314 e. The molecule has 1 fully saturated rings. The van der Waals surface area contributed by atoms with E-state index in [1.807, 2.05) is 0 Å². The zero-order chi connectivity index (χ0) is 14.8. The molecule has 0 bridgehead atoms. The number of hydrogen-bond donors (Lipinski definition) is 1. The van der Waals surface area contributed by atoms with Gasteiger partial charge in [-0.1, -0.05) is 17.7 Å². The van der Waals surface area contributed by atoms with Crippen LogP contribution in [0.25, 0.3) is 4.85 Å². The Hall–Kier alpha value is -2.45. The van der Waals surface area contributed by atoms with Gasteiger partial charge in [-0.15, -0.1) is 0 Å². The number of piperidine rings is 1. The fourth-order valence-corrected chi connectivity index (χ4v) is 2.76. The smallest absolute Gasteiger partial charge is 0.260 e. The summed E-state index contributed by atoms with van der Waals surface area (Å²) in [6.07, 6.45) is 1.84. The molecule has 0 aliphatic carbocycles. The molecule has 5 nitrogen and oxygen atoms in total. The Morgan fingerprint density at radius 1 is 1.24 bits per heavy atom. The number of nitrogens with zero attached hydrogens (tertiary/aromatic N) is 2. The van der Waals surface area contributed by atoms with E-state index in [0.29, 0.717) is 23.4 Å². The zero-order valence-corrected chi connectivity index (χ0v) is 11.6. The van der Waals surface area contributed by atoms with Crippen LogP contribution in [0.1, 0.15) is 33.6 Å². The second-order valence-electron chi connectivity index (χ2n) is 5.18. The van der Waals surface area contributed by atoms with Gasteiger partial charge in [0.25, 0.3) is 11.8 Å². The molecular formula is C16H15N3O2. The summed E-state index contributed by atoms with van der Waals surface area (Å²) in [5.74, 6) is -0.609. The van der Waals surface area contributed by atoms with Crippen LogP contribution < -0.4 is 5.32 Å². The normalized spacial score (nSPS) is 20.2. The molecule has 1 N–H and O–H groups in total. The quantitative estimate of drug-likeness (QED) is 0.665. The Morgan fingerprint density at radius 3 is 2.43 bits per heavy atom. The number of nitrogens with one attached hydrogen (secondary N) is 1. The van der Waals surface area contributed by atoms with Crippen molar-refractivity contribution in [1.82, 2.24) is 10.2 Å². The molecule has 0 spiro atoms. The molecule has 0 radical (unpaired) electrons. The summed E-state index contributed by atoms with van der Waals surface area (Å²) < 4.78 is 0. The van der Waals surface area contributed by atoms with Crippen molar-refractivity contribution in [3.63, 3.8) is 0 Å². The molecule has 2 aliphatic rings. The molecule has 2 heterocycles. The van der Waals surface area contributed by atoms with Gasteiger partial charge in [0.1, 0.15) is 0 Å². The van der Waals surface area contributed by atoms with Crippen LogP contribution in [-0.2, 0) is 0 Å². The Morgan fingerprint density at radius 2 is 1.90 bits per heavy atom. The van der Waals surface area contributed by atoms with E-state index in [-0.39, 0.29) is 18.4 Å². The molecule has 106 valence electrons. The number of amides is 2. The summed E-state index contributed by atoms with van der Waals surface area (Å²) in [6.45, 7) is 9.03. The number of carbonyl (C=O) groups excluding carboxylic acids is 2. The van der Waals surface area contributed by atoms with E-state index in [1.54, 1.807) is 24.3 Å². The monoisotopic (exact) mass is 281 g/mol. The SMILES string of the molecule is [C-]#[N+]C(CN1C(=O)c2ccccc2C1=O)=C1CCCNC1. The van der Waals surface area contributed by atoms with Crippen LogP contribution in [0.15, 0.2) is 35.5 Å². The summed E-state index contributed by atoms with van der Waals surface area (Å²) in [7, 11) is 0. The lowest BCUT2D eigenvalue weighted by Gasteiger charge is -2.20. The third-order valence-electron chi connectivity index (χ3n) is 3.90. The van der Waals surface area contributed by atoms with E-state index < -0.39 is 0 Å². The largest absolute Gasteiger partial charge is 0.314 e. The van der Waals surface area contributed by atoms with Gasteiger partial charge in [-0.2, -0.15) is 0 Å². The molecule has 1 saturated heterocycles. The molecule has 1 aromatic carbocycles. The molecule has 5 heteroatoms. The van der Waals surface area contributed by atoms with Gasteiger partial charge in [0.15, 0.2) is 5.70 Å². The van der Waals surface area contributed by atoms with Crippen LogP contribution in [0.3, 0.4) is 0 Å². The maximum atomic E-state index is 12.3. The first-order valence-electron chi connectivity index (χ1n) is 6.96. The highest BCUT2D eigenvalue weighted by Crippen LogP contribution is 2.25. The fraction of sp³-hybridized carbons (Fsp3) is 0.312. The van der Waals surface area contributed by atoms with Crippen molar-refractivity contribution < 1.29 is 9.59 Å². The van der Waals surface area contributed by atoms with Gasteiger partial charge in [-0.25, -0.2) is 4.85 Å². The van der Waals surface area contributed by atoms with E-state index in [0.717, 1.165) is 25.0 Å². The minimum atomic E-state index is -0.305. The summed E-state index contributed by atoms with van der Waals surface area (Å²) >= 11 is 0. The first kappa shape index (κ1) is 13.5. The Bertz CT molecular complexity index is 642. The number of rotatable bonds is 2. The van der Waals surface area contributed by atoms with E-state index in [1.165, 1.54) is 4.90 Å². The molecular weight excluding hydrogens is 266 g/mol. The lowest BCUT2D eigenvalue weighted by atomic mass is 10.0. The van der Waals surface area contributed by atoms with Gasteiger partial charge < -0.3 is 5.32 Å². The molecule has 1 aromatic rings. The summed E-state index contributed by atoms with van der Waals surface area (Å²) in [5, 5.41) is 3.22. The molecule has 3 rings (SSSR count). The van der Waals surface area contributed by atoms with Crippen LogP contribution >= 0.6 is 0 Å². The van der Waals surface area contributed by atoms with E-state index in [9.17, 15) is 9.59 Å². The number of hydrogen-bond acceptors (Lipinski definition) is 3. The number of carbonyl (C=O) groups is 2. The third kappa shape index (κ3) is 2.34. The highest BCUT2D eigenvalue weighted by atomic mass is 16.2. The molecule has 21 heavy (non-hydrogen) atoms. The van der Waals surface area contributed by atoms with Crippen LogP contribution in [0.2, 0.25) is 0 Å². The van der Waals surface area contributed by atoms with E-state index in [2.05, 4.69) is 10.2 Å². The van der Waals surface area contributed by atoms with Crippen LogP contribution in [0, 0.1) is 6.57 Å². The van der Waals surface area contributed by atoms with Gasteiger partial charge >= 0.3 is 0 Å². The van der Waals surface area contributed by atoms with Crippen molar-refractivity contribution in [2.24, 2.45) is 0 Å². The van der Waals surface area contributed by atoms with Crippen molar-refractivity contribution >= 4 is 11.8 Å². The van der Waals surface area contributed by atoms with Gasteiger partial charge in [-0.05, 0) is 31.5 Å². The van der Waals surface area contributed by atoms with Crippen LogP contribution in [0.4, 0.5) is 0 Å². The Balaban J connectivity index is 1.88. The van der Waals surface area contributed by atoms with Gasteiger partial charge in [0, 0.05) is 6.54 Å². The molecule has 2 aliphatic heterocycles. The first-order valence-corrected chi connectivity index (χ1v) is 6.96. The molecule has 0 aromatic heterocycles. The van der Waals surface area contributed by atoms with Crippen LogP contribution in [0.5, 0.6) is 0 Å². The first-order chi connectivity index (χ1) is 10.2. The average molecular weight is 281 g/mol. The van der Waals surface area contributed by atoms with Crippen molar-refractivity contribution in [2.75, 3.05) is 19.6 Å². The maximum Gasteiger partial charge on any atom is 0.260 e. The Labute approximate surface area is 123 Å². The number of fused-ring (bicyclic) bond motifs is 1. The van der Waals surface area contributed by atoms with Crippen molar-refractivity contribution in [3.05, 3.63) is 58.1 Å². The van der Waals surface area contributed by atoms with Gasteiger partial charge in [-0.3, -0.25) is 14.5 Å².